The van der Waals surface area contributed by atoms with E-state index < -0.39 is 5.97 Å². The Kier molecular flexibility index (Phi) is 4.27. The molecule has 2 aromatic heterocycles. The molecule has 2 aromatic rings. The van der Waals surface area contributed by atoms with Crippen LogP contribution in [0.15, 0.2) is 12.3 Å². The smallest absolute Gasteiger partial charge is 0.355 e. The number of hydrogen-bond acceptors (Lipinski definition) is 4. The molecule has 0 spiro atoms. The molecule has 0 bridgehead atoms. The third-order valence-corrected chi connectivity index (χ3v) is 3.73. The summed E-state index contributed by atoms with van der Waals surface area (Å²) in [7, 11) is 1.74. The third-order valence-electron chi connectivity index (χ3n) is 3.25. The molecule has 2 heterocycles. The van der Waals surface area contributed by atoms with Gasteiger partial charge in [-0.05, 0) is 26.8 Å². The Morgan fingerprint density at radius 3 is 2.71 bits per heavy atom. The van der Waals surface area contributed by atoms with E-state index in [9.17, 15) is 4.79 Å². The van der Waals surface area contributed by atoms with E-state index in [4.69, 9.17) is 22.1 Å². The number of ether oxygens (including phenoxy) is 1. The molecular formula is C14H19ClN4O2. The van der Waals surface area contributed by atoms with Crippen LogP contribution in [-0.4, -0.2) is 20.3 Å². The molecule has 21 heavy (non-hydrogen) atoms. The van der Waals surface area contributed by atoms with Gasteiger partial charge in [-0.2, -0.15) is 5.10 Å². The number of nitrogen functional groups attached to an aromatic ring is 1. The first kappa shape index (κ1) is 15.4. The molecule has 0 radical (unpaired) electrons. The molecule has 0 fully saturated rings. The number of carbonyl (C=O) groups excluding carboxylic acids is 1. The van der Waals surface area contributed by atoms with Gasteiger partial charge in [0.25, 0.3) is 0 Å². The molecule has 0 aliphatic carbocycles. The molecule has 0 unspecified atom stereocenters. The summed E-state index contributed by atoms with van der Waals surface area (Å²) in [6.07, 6.45) is 1.73. The van der Waals surface area contributed by atoms with Crippen LogP contribution in [0.4, 0.5) is 5.69 Å². The van der Waals surface area contributed by atoms with Crippen LogP contribution in [0.3, 0.4) is 0 Å². The summed E-state index contributed by atoms with van der Waals surface area (Å²) < 4.78 is 8.68. The van der Waals surface area contributed by atoms with Crippen molar-refractivity contribution in [2.75, 3.05) is 5.73 Å². The van der Waals surface area contributed by atoms with Crippen molar-refractivity contribution >= 4 is 23.3 Å². The minimum Gasteiger partial charge on any atom is -0.456 e. The van der Waals surface area contributed by atoms with E-state index in [0.717, 1.165) is 5.69 Å². The number of aromatic nitrogens is 3. The maximum atomic E-state index is 12.2. The van der Waals surface area contributed by atoms with E-state index in [2.05, 4.69) is 5.10 Å². The number of carbonyl (C=O) groups is 1. The zero-order valence-corrected chi connectivity index (χ0v) is 13.3. The first-order valence-corrected chi connectivity index (χ1v) is 7.01. The highest BCUT2D eigenvalue weighted by Gasteiger charge is 2.18. The molecule has 7 heteroatoms. The van der Waals surface area contributed by atoms with Gasteiger partial charge in [0.2, 0.25) is 0 Å². The average Bonchev–Trinajstić information content (AvgIpc) is 2.90. The second-order valence-corrected chi connectivity index (χ2v) is 5.57. The molecule has 0 saturated carbocycles. The van der Waals surface area contributed by atoms with Gasteiger partial charge in [-0.1, -0.05) is 11.6 Å². The van der Waals surface area contributed by atoms with E-state index >= 15 is 0 Å². The third kappa shape index (κ3) is 3.05. The van der Waals surface area contributed by atoms with Gasteiger partial charge in [0, 0.05) is 24.8 Å². The Morgan fingerprint density at radius 2 is 2.19 bits per heavy atom. The molecule has 2 N–H and O–H groups in total. The van der Waals surface area contributed by atoms with Crippen LogP contribution >= 0.6 is 11.6 Å². The van der Waals surface area contributed by atoms with E-state index in [-0.39, 0.29) is 12.6 Å². The van der Waals surface area contributed by atoms with Crippen LogP contribution in [0.2, 0.25) is 5.15 Å². The lowest BCUT2D eigenvalue weighted by Gasteiger charge is -2.12. The highest BCUT2D eigenvalue weighted by Crippen LogP contribution is 2.21. The Labute approximate surface area is 128 Å². The highest BCUT2D eigenvalue weighted by molar-refractivity contribution is 6.30. The van der Waals surface area contributed by atoms with Crippen LogP contribution in [0, 0.1) is 6.92 Å². The van der Waals surface area contributed by atoms with E-state index in [1.54, 1.807) is 28.6 Å². The first-order chi connectivity index (χ1) is 9.81. The standard InChI is InChI=1S/C14H19ClN4O2/c1-8(2)19-6-10(16)5-12(19)14(20)21-7-11-9(3)17-18(4)13(11)15/h5-6,8H,7,16H2,1-4H3. The summed E-state index contributed by atoms with van der Waals surface area (Å²) in [6, 6.07) is 1.73. The average molecular weight is 311 g/mol. The van der Waals surface area contributed by atoms with Crippen LogP contribution in [0.1, 0.15) is 41.6 Å². The van der Waals surface area contributed by atoms with E-state index in [0.29, 0.717) is 22.1 Å². The fraction of sp³-hybridized carbons (Fsp3) is 0.429. The van der Waals surface area contributed by atoms with Crippen molar-refractivity contribution in [2.24, 2.45) is 7.05 Å². The Balaban J connectivity index is 2.16. The lowest BCUT2D eigenvalue weighted by atomic mass is 10.3. The van der Waals surface area contributed by atoms with E-state index in [1.165, 1.54) is 0 Å². The van der Waals surface area contributed by atoms with Crippen molar-refractivity contribution in [3.05, 3.63) is 34.4 Å². The van der Waals surface area contributed by atoms with Gasteiger partial charge in [0.05, 0.1) is 11.4 Å². The van der Waals surface area contributed by atoms with Gasteiger partial charge in [-0.15, -0.1) is 0 Å². The molecule has 0 aliphatic heterocycles. The van der Waals surface area contributed by atoms with Gasteiger partial charge in [-0.3, -0.25) is 4.68 Å². The number of rotatable bonds is 4. The minimum absolute atomic E-state index is 0.0838. The molecule has 0 aliphatic rings. The molecule has 114 valence electrons. The van der Waals surface area contributed by atoms with Crippen LogP contribution in [-0.2, 0) is 18.4 Å². The Bertz CT molecular complexity index is 673. The van der Waals surface area contributed by atoms with Gasteiger partial charge < -0.3 is 15.0 Å². The minimum atomic E-state index is -0.431. The fourth-order valence-corrected chi connectivity index (χ4v) is 2.37. The van der Waals surface area contributed by atoms with Crippen molar-refractivity contribution in [2.45, 2.75) is 33.4 Å². The molecular weight excluding hydrogens is 292 g/mol. The quantitative estimate of drug-likeness (QED) is 0.881. The van der Waals surface area contributed by atoms with Gasteiger partial charge in [0.1, 0.15) is 17.5 Å². The number of anilines is 1. The van der Waals surface area contributed by atoms with Crippen LogP contribution in [0.5, 0.6) is 0 Å². The normalized spacial score (nSPS) is 11.1. The maximum Gasteiger partial charge on any atom is 0.355 e. The summed E-state index contributed by atoms with van der Waals surface area (Å²) in [5.74, 6) is -0.431. The second-order valence-electron chi connectivity index (χ2n) is 5.21. The number of hydrogen-bond donors (Lipinski definition) is 1. The first-order valence-electron chi connectivity index (χ1n) is 6.63. The fourth-order valence-electron chi connectivity index (χ4n) is 2.14. The van der Waals surface area contributed by atoms with Gasteiger partial charge in [-0.25, -0.2) is 4.79 Å². The number of halogens is 1. The van der Waals surface area contributed by atoms with Crippen LogP contribution < -0.4 is 5.73 Å². The summed E-state index contributed by atoms with van der Waals surface area (Å²) in [6.45, 7) is 5.85. The second kappa shape index (κ2) is 5.81. The van der Waals surface area contributed by atoms with Crippen molar-refractivity contribution < 1.29 is 9.53 Å². The van der Waals surface area contributed by atoms with Crippen molar-refractivity contribution in [1.82, 2.24) is 14.3 Å². The predicted octanol–water partition coefficient (Wildman–Crippen LogP) is 2.70. The number of esters is 1. The van der Waals surface area contributed by atoms with Crippen LogP contribution in [0.25, 0.3) is 0 Å². The van der Waals surface area contributed by atoms with Crippen molar-refractivity contribution in [3.63, 3.8) is 0 Å². The SMILES string of the molecule is Cc1nn(C)c(Cl)c1COC(=O)c1cc(N)cn1C(C)C. The maximum absolute atomic E-state index is 12.2. The lowest BCUT2D eigenvalue weighted by molar-refractivity contribution is 0.0458. The largest absolute Gasteiger partial charge is 0.456 e. The summed E-state index contributed by atoms with van der Waals surface area (Å²) >= 11 is 6.11. The Morgan fingerprint density at radius 1 is 1.52 bits per heavy atom. The highest BCUT2D eigenvalue weighted by atomic mass is 35.5. The summed E-state index contributed by atoms with van der Waals surface area (Å²) in [4.78, 5) is 12.2. The molecule has 6 nitrogen and oxygen atoms in total. The molecule has 2 rings (SSSR count). The molecule has 0 atom stereocenters. The lowest BCUT2D eigenvalue weighted by Crippen LogP contribution is -2.13. The zero-order valence-electron chi connectivity index (χ0n) is 12.6. The Hall–Kier alpha value is -1.95. The molecule has 0 amide bonds. The zero-order chi connectivity index (χ0) is 15.7. The van der Waals surface area contributed by atoms with Gasteiger partial charge in [0.15, 0.2) is 0 Å². The molecule has 0 saturated heterocycles. The summed E-state index contributed by atoms with van der Waals surface area (Å²) in [5.41, 5.74) is 8.17. The molecule has 0 aromatic carbocycles. The van der Waals surface area contributed by atoms with Crippen molar-refractivity contribution in [3.8, 4) is 0 Å². The van der Waals surface area contributed by atoms with E-state index in [1.807, 2.05) is 20.8 Å². The number of nitrogens with zero attached hydrogens (tertiary/aromatic N) is 3. The van der Waals surface area contributed by atoms with Crippen molar-refractivity contribution in [1.29, 1.82) is 0 Å². The predicted molar refractivity (Wildman–Crippen MR) is 81.3 cm³/mol. The number of nitrogens with two attached hydrogens (primary N) is 1. The topological polar surface area (TPSA) is 75.1 Å². The summed E-state index contributed by atoms with van der Waals surface area (Å²) in [5, 5.41) is 4.65. The monoisotopic (exact) mass is 310 g/mol. The number of aryl methyl sites for hydroxylation is 2. The van der Waals surface area contributed by atoms with Gasteiger partial charge >= 0.3 is 5.97 Å².